The molecule has 0 spiro atoms. The average molecular weight is 405 g/mol. The van der Waals surface area contributed by atoms with Crippen LogP contribution >= 0.6 is 11.6 Å². The van der Waals surface area contributed by atoms with Crippen molar-refractivity contribution in [3.05, 3.63) is 76.6 Å². The van der Waals surface area contributed by atoms with E-state index < -0.39 is 0 Å². The molecule has 5 heteroatoms. The Morgan fingerprint density at radius 3 is 2.14 bits per heavy atom. The third kappa shape index (κ3) is 8.68. The highest BCUT2D eigenvalue weighted by molar-refractivity contribution is 6.30. The predicted octanol–water partition coefficient (Wildman–Crippen LogP) is 6.65. The predicted molar refractivity (Wildman–Crippen MR) is 118 cm³/mol. The largest absolute Gasteiger partial charge is 0.382 e. The number of hydrogen-bond acceptors (Lipinski definition) is 3. The van der Waals surface area contributed by atoms with E-state index in [0.717, 1.165) is 30.8 Å². The zero-order valence-corrected chi connectivity index (χ0v) is 17.8. The Hall–Kier alpha value is -2.17. The molecule has 0 saturated heterocycles. The van der Waals surface area contributed by atoms with Gasteiger partial charge in [-0.25, -0.2) is 4.39 Å². The van der Waals surface area contributed by atoms with Gasteiger partial charge in [-0.1, -0.05) is 48.9 Å². The molecule has 2 aromatic carbocycles. The number of hydrogen-bond donors (Lipinski definition) is 1. The molecule has 1 unspecified atom stereocenters. The summed E-state index contributed by atoms with van der Waals surface area (Å²) >= 11 is 5.96. The molecule has 0 heterocycles. The van der Waals surface area contributed by atoms with Gasteiger partial charge in [0.15, 0.2) is 0 Å². The number of nitrogens with one attached hydrogen (secondary N) is 1. The number of allylic oxidation sites excluding steroid dienone is 1. The van der Waals surface area contributed by atoms with Crippen LogP contribution in [0.15, 0.2) is 59.7 Å². The van der Waals surface area contributed by atoms with Crippen molar-refractivity contribution < 1.29 is 9.13 Å². The second-order valence-electron chi connectivity index (χ2n) is 5.88. The Morgan fingerprint density at radius 2 is 1.68 bits per heavy atom. The lowest BCUT2D eigenvalue weighted by atomic mass is 9.98. The summed E-state index contributed by atoms with van der Waals surface area (Å²) in [5.74, 6) is -0.246. The zero-order valence-electron chi connectivity index (χ0n) is 17.1. The van der Waals surface area contributed by atoms with Crippen LogP contribution in [0.1, 0.15) is 51.3 Å². The van der Waals surface area contributed by atoms with Crippen LogP contribution in [-0.2, 0) is 4.74 Å². The van der Waals surface area contributed by atoms with Crippen molar-refractivity contribution in [1.82, 2.24) is 5.43 Å². The Morgan fingerprint density at radius 1 is 1.07 bits per heavy atom. The normalized spacial score (nSPS) is 12.4. The first-order valence-electron chi connectivity index (χ1n) is 9.58. The number of nitrogens with zero attached hydrogens (tertiary/aromatic N) is 1. The van der Waals surface area contributed by atoms with Crippen molar-refractivity contribution in [2.45, 2.75) is 40.2 Å². The first-order valence-corrected chi connectivity index (χ1v) is 9.96. The Kier molecular flexibility index (Phi) is 11.9. The molecule has 0 aromatic heterocycles. The number of halogens is 2. The van der Waals surface area contributed by atoms with Crippen molar-refractivity contribution in [2.24, 2.45) is 5.10 Å². The molecule has 0 amide bonds. The second kappa shape index (κ2) is 13.9. The molecule has 152 valence electrons. The molecule has 0 aliphatic heterocycles. The summed E-state index contributed by atoms with van der Waals surface area (Å²) in [6.45, 7) is 9.61. The lowest BCUT2D eigenvalue weighted by molar-refractivity contribution is 0.162. The van der Waals surface area contributed by atoms with E-state index >= 15 is 0 Å². The van der Waals surface area contributed by atoms with E-state index in [4.69, 9.17) is 16.3 Å². The van der Waals surface area contributed by atoms with E-state index in [1.165, 1.54) is 17.7 Å². The van der Waals surface area contributed by atoms with Crippen LogP contribution in [-0.4, -0.2) is 19.4 Å². The molecule has 2 aromatic rings. The Balaban J connectivity index is 0.000000696. The third-order valence-electron chi connectivity index (χ3n) is 3.94. The average Bonchev–Trinajstić information content (AvgIpc) is 2.71. The molecule has 3 nitrogen and oxygen atoms in total. The molecule has 0 aliphatic rings. The molecule has 1 N–H and O–H groups in total. The third-order valence-corrected chi connectivity index (χ3v) is 4.20. The van der Waals surface area contributed by atoms with Gasteiger partial charge >= 0.3 is 0 Å². The van der Waals surface area contributed by atoms with Gasteiger partial charge in [-0.2, -0.15) is 5.10 Å². The minimum Gasteiger partial charge on any atom is -0.382 e. The first-order chi connectivity index (χ1) is 13.5. The number of rotatable bonds is 8. The lowest BCUT2D eigenvalue weighted by Crippen LogP contribution is -2.14. The van der Waals surface area contributed by atoms with Gasteiger partial charge in [0.2, 0.25) is 0 Å². The summed E-state index contributed by atoms with van der Waals surface area (Å²) < 4.78 is 18.0. The summed E-state index contributed by atoms with van der Waals surface area (Å²) in [5.41, 5.74) is 6.34. The lowest BCUT2D eigenvalue weighted by Gasteiger charge is -2.16. The molecular formula is C23H30ClFN2O. The van der Waals surface area contributed by atoms with Crippen LogP contribution in [0.5, 0.6) is 0 Å². The van der Waals surface area contributed by atoms with Crippen LogP contribution in [0.2, 0.25) is 5.02 Å². The SMILES string of the molecule is C/C=N\NC(/C=C(\CC)c1ccc(Cl)cc1)c1ccc(F)cc1.CCOCC. The van der Waals surface area contributed by atoms with E-state index in [9.17, 15) is 4.39 Å². The Bertz CT molecular complexity index is 725. The standard InChI is InChI=1S/C19H20ClFN2.C4H10O/c1-3-14(15-5-9-17(20)10-6-15)13-19(23-22-4-2)16-7-11-18(21)12-8-16;1-3-5-4-2/h4-13,19,23H,3H2,1-2H3;3-4H2,1-2H3/b14-13+,22-4-;. The summed E-state index contributed by atoms with van der Waals surface area (Å²) in [4.78, 5) is 0. The van der Waals surface area contributed by atoms with Gasteiger partial charge in [-0.3, -0.25) is 5.43 Å². The minimum absolute atomic E-state index is 0.127. The van der Waals surface area contributed by atoms with E-state index in [-0.39, 0.29) is 11.9 Å². The molecular weight excluding hydrogens is 375 g/mol. The van der Waals surface area contributed by atoms with Gasteiger partial charge in [0, 0.05) is 24.5 Å². The summed E-state index contributed by atoms with van der Waals surface area (Å²) in [6.07, 6.45) is 4.68. The Labute approximate surface area is 173 Å². The number of ether oxygens (including phenoxy) is 1. The van der Waals surface area contributed by atoms with Crippen LogP contribution < -0.4 is 5.43 Å². The van der Waals surface area contributed by atoms with E-state index in [1.54, 1.807) is 18.3 Å². The van der Waals surface area contributed by atoms with Crippen molar-refractivity contribution in [2.75, 3.05) is 13.2 Å². The van der Waals surface area contributed by atoms with Gasteiger partial charge in [-0.15, -0.1) is 0 Å². The van der Waals surface area contributed by atoms with Gasteiger partial charge in [0.05, 0.1) is 6.04 Å². The van der Waals surface area contributed by atoms with E-state index in [0.29, 0.717) is 5.02 Å². The highest BCUT2D eigenvalue weighted by Gasteiger charge is 2.10. The molecule has 1 atom stereocenters. The molecule has 0 fully saturated rings. The van der Waals surface area contributed by atoms with Crippen LogP contribution in [0.3, 0.4) is 0 Å². The van der Waals surface area contributed by atoms with Crippen molar-refractivity contribution in [3.8, 4) is 0 Å². The fourth-order valence-corrected chi connectivity index (χ4v) is 2.65. The minimum atomic E-state index is -0.246. The first kappa shape index (κ1) is 23.9. The molecule has 0 radical (unpaired) electrons. The van der Waals surface area contributed by atoms with Gasteiger partial charge in [-0.05, 0) is 68.2 Å². The van der Waals surface area contributed by atoms with E-state index in [1.807, 2.05) is 45.0 Å². The number of hydrazone groups is 1. The molecule has 2 rings (SSSR count). The van der Waals surface area contributed by atoms with Gasteiger partial charge < -0.3 is 4.74 Å². The van der Waals surface area contributed by atoms with Crippen molar-refractivity contribution in [3.63, 3.8) is 0 Å². The maximum Gasteiger partial charge on any atom is 0.123 e. The van der Waals surface area contributed by atoms with Crippen LogP contribution in [0, 0.1) is 5.82 Å². The highest BCUT2D eigenvalue weighted by atomic mass is 35.5. The van der Waals surface area contributed by atoms with Crippen LogP contribution in [0.4, 0.5) is 4.39 Å². The fraction of sp³-hybridized carbons (Fsp3) is 0.348. The quantitative estimate of drug-likeness (QED) is 0.394. The smallest absolute Gasteiger partial charge is 0.123 e. The summed E-state index contributed by atoms with van der Waals surface area (Å²) in [5, 5.41) is 4.85. The zero-order chi connectivity index (χ0) is 20.8. The maximum absolute atomic E-state index is 13.2. The molecule has 0 bridgehead atoms. The van der Waals surface area contributed by atoms with Crippen LogP contribution in [0.25, 0.3) is 5.57 Å². The second-order valence-corrected chi connectivity index (χ2v) is 6.32. The molecule has 0 aliphatic carbocycles. The molecule has 0 saturated carbocycles. The fourth-order valence-electron chi connectivity index (χ4n) is 2.52. The van der Waals surface area contributed by atoms with Crippen molar-refractivity contribution in [1.29, 1.82) is 0 Å². The topological polar surface area (TPSA) is 33.6 Å². The number of benzene rings is 2. The summed E-state index contributed by atoms with van der Waals surface area (Å²) in [7, 11) is 0. The monoisotopic (exact) mass is 404 g/mol. The van der Waals surface area contributed by atoms with Crippen molar-refractivity contribution >= 4 is 23.4 Å². The highest BCUT2D eigenvalue weighted by Crippen LogP contribution is 2.25. The molecule has 28 heavy (non-hydrogen) atoms. The van der Waals surface area contributed by atoms with E-state index in [2.05, 4.69) is 23.5 Å². The maximum atomic E-state index is 13.2. The van der Waals surface area contributed by atoms with Gasteiger partial charge in [0.25, 0.3) is 0 Å². The van der Waals surface area contributed by atoms with Gasteiger partial charge in [0.1, 0.15) is 5.82 Å². The summed E-state index contributed by atoms with van der Waals surface area (Å²) in [6, 6.07) is 14.1.